The average Bonchev–Trinajstić information content (AvgIpc) is 2.58. The zero-order chi connectivity index (χ0) is 10.8. The van der Waals surface area contributed by atoms with Crippen molar-refractivity contribution in [2.45, 2.75) is 39.2 Å². The number of fused-ring (bicyclic) bond motifs is 1. The normalized spacial score (nSPS) is 15.2. The molecule has 0 atom stereocenters. The summed E-state index contributed by atoms with van der Waals surface area (Å²) in [6, 6.07) is 0. The Morgan fingerprint density at radius 2 is 2.33 bits per heavy atom. The summed E-state index contributed by atoms with van der Waals surface area (Å²) in [4.78, 5) is 4.67. The number of nitrogens with two attached hydrogens (primary N) is 1. The summed E-state index contributed by atoms with van der Waals surface area (Å²) < 4.78 is 2.30. The Labute approximate surface area is 90.9 Å². The zero-order valence-corrected chi connectivity index (χ0v) is 9.58. The topological polar surface area (TPSA) is 55.9 Å². The lowest BCUT2D eigenvalue weighted by molar-refractivity contribution is 0.600. The minimum atomic E-state index is 0.478. The van der Waals surface area contributed by atoms with Crippen molar-refractivity contribution >= 4 is 5.95 Å². The second-order valence-corrected chi connectivity index (χ2v) is 4.39. The van der Waals surface area contributed by atoms with Gasteiger partial charge in [0.05, 0.1) is 5.69 Å². The summed E-state index contributed by atoms with van der Waals surface area (Å²) in [5, 5.41) is 3.35. The molecule has 2 rings (SSSR count). The van der Waals surface area contributed by atoms with Crippen LogP contribution in [0.25, 0.3) is 0 Å². The molecule has 1 aliphatic rings. The van der Waals surface area contributed by atoms with E-state index in [4.69, 9.17) is 5.73 Å². The fourth-order valence-electron chi connectivity index (χ4n) is 2.18. The first-order valence-corrected chi connectivity index (χ1v) is 5.77. The maximum absolute atomic E-state index is 5.66. The van der Waals surface area contributed by atoms with Gasteiger partial charge in [-0.25, -0.2) is 4.98 Å². The van der Waals surface area contributed by atoms with Crippen molar-refractivity contribution in [3.05, 3.63) is 11.4 Å². The van der Waals surface area contributed by atoms with Crippen molar-refractivity contribution in [2.75, 3.05) is 18.4 Å². The lowest BCUT2D eigenvalue weighted by atomic mass is 10.1. The van der Waals surface area contributed by atoms with Crippen LogP contribution in [0, 0.1) is 0 Å². The van der Waals surface area contributed by atoms with Crippen LogP contribution in [0.4, 0.5) is 5.95 Å². The standard InChI is InChI=1S/C11H20N4/c1-8(2)10-9(4-5-12)15-7-3-6-13-11(15)14-10/h8H,3-7,12H2,1-2H3,(H,13,14). The monoisotopic (exact) mass is 208 g/mol. The fraction of sp³-hybridized carbons (Fsp3) is 0.727. The average molecular weight is 208 g/mol. The van der Waals surface area contributed by atoms with E-state index >= 15 is 0 Å². The number of anilines is 1. The molecule has 4 nitrogen and oxygen atoms in total. The number of nitrogens with zero attached hydrogens (tertiary/aromatic N) is 2. The van der Waals surface area contributed by atoms with E-state index in [9.17, 15) is 0 Å². The summed E-state index contributed by atoms with van der Waals surface area (Å²) in [7, 11) is 0. The molecule has 84 valence electrons. The van der Waals surface area contributed by atoms with Gasteiger partial charge in [-0.15, -0.1) is 0 Å². The summed E-state index contributed by atoms with van der Waals surface area (Å²) >= 11 is 0. The molecule has 2 heterocycles. The predicted octanol–water partition coefficient (Wildman–Crippen LogP) is 1.32. The Balaban J connectivity index is 2.41. The highest BCUT2D eigenvalue weighted by atomic mass is 15.2. The molecule has 0 bridgehead atoms. The Morgan fingerprint density at radius 1 is 1.53 bits per heavy atom. The van der Waals surface area contributed by atoms with Crippen molar-refractivity contribution < 1.29 is 0 Å². The zero-order valence-electron chi connectivity index (χ0n) is 9.58. The summed E-state index contributed by atoms with van der Waals surface area (Å²) in [6.07, 6.45) is 2.11. The van der Waals surface area contributed by atoms with Crippen LogP contribution in [0.3, 0.4) is 0 Å². The highest BCUT2D eigenvalue weighted by molar-refractivity contribution is 5.37. The second kappa shape index (κ2) is 4.23. The SMILES string of the molecule is CC(C)c1nc2n(c1CCN)CCCN2. The minimum Gasteiger partial charge on any atom is -0.356 e. The van der Waals surface area contributed by atoms with Crippen LogP contribution in [-0.4, -0.2) is 22.6 Å². The van der Waals surface area contributed by atoms with Gasteiger partial charge in [0.15, 0.2) is 0 Å². The van der Waals surface area contributed by atoms with Crippen LogP contribution < -0.4 is 11.1 Å². The molecule has 0 saturated heterocycles. The van der Waals surface area contributed by atoms with Crippen LogP contribution in [0.1, 0.15) is 37.6 Å². The molecule has 0 radical (unpaired) electrons. The minimum absolute atomic E-state index is 0.478. The molecule has 0 unspecified atom stereocenters. The number of aromatic nitrogens is 2. The van der Waals surface area contributed by atoms with E-state index in [1.54, 1.807) is 0 Å². The van der Waals surface area contributed by atoms with E-state index < -0.39 is 0 Å². The van der Waals surface area contributed by atoms with Crippen molar-refractivity contribution in [1.29, 1.82) is 0 Å². The van der Waals surface area contributed by atoms with Gasteiger partial charge >= 0.3 is 0 Å². The van der Waals surface area contributed by atoms with E-state index in [0.29, 0.717) is 12.5 Å². The van der Waals surface area contributed by atoms with Gasteiger partial charge < -0.3 is 15.6 Å². The van der Waals surface area contributed by atoms with Crippen molar-refractivity contribution in [3.8, 4) is 0 Å². The molecule has 1 aromatic heterocycles. The Hall–Kier alpha value is -1.03. The lowest BCUT2D eigenvalue weighted by Crippen LogP contribution is -2.20. The van der Waals surface area contributed by atoms with Crippen molar-refractivity contribution in [2.24, 2.45) is 5.73 Å². The molecular weight excluding hydrogens is 188 g/mol. The van der Waals surface area contributed by atoms with Gasteiger partial charge in [0, 0.05) is 25.2 Å². The predicted molar refractivity (Wildman–Crippen MR) is 62.2 cm³/mol. The van der Waals surface area contributed by atoms with Crippen LogP contribution >= 0.6 is 0 Å². The third-order valence-electron chi connectivity index (χ3n) is 2.87. The van der Waals surface area contributed by atoms with E-state index in [-0.39, 0.29) is 0 Å². The van der Waals surface area contributed by atoms with Crippen LogP contribution in [0.15, 0.2) is 0 Å². The van der Waals surface area contributed by atoms with Crippen molar-refractivity contribution in [3.63, 3.8) is 0 Å². The third kappa shape index (κ3) is 1.86. The summed E-state index contributed by atoms with van der Waals surface area (Å²) in [5.41, 5.74) is 8.20. The Kier molecular flexibility index (Phi) is 2.95. The van der Waals surface area contributed by atoms with E-state index in [2.05, 4.69) is 28.7 Å². The Morgan fingerprint density at radius 3 is 3.00 bits per heavy atom. The number of imidazole rings is 1. The first kappa shape index (κ1) is 10.5. The molecule has 4 heteroatoms. The second-order valence-electron chi connectivity index (χ2n) is 4.39. The quantitative estimate of drug-likeness (QED) is 0.787. The van der Waals surface area contributed by atoms with Crippen LogP contribution in [-0.2, 0) is 13.0 Å². The molecule has 3 N–H and O–H groups in total. The molecule has 1 aliphatic heterocycles. The van der Waals surface area contributed by atoms with Crippen LogP contribution in [0.5, 0.6) is 0 Å². The summed E-state index contributed by atoms with van der Waals surface area (Å²) in [6.45, 7) is 7.20. The van der Waals surface area contributed by atoms with Crippen molar-refractivity contribution in [1.82, 2.24) is 9.55 Å². The molecule has 0 fully saturated rings. The molecular formula is C11H20N4. The van der Waals surface area contributed by atoms with E-state index in [0.717, 1.165) is 25.5 Å². The van der Waals surface area contributed by atoms with Gasteiger partial charge in [-0.3, -0.25) is 0 Å². The molecule has 0 saturated carbocycles. The maximum atomic E-state index is 5.66. The first-order chi connectivity index (χ1) is 7.24. The van der Waals surface area contributed by atoms with Gasteiger partial charge in [-0.05, 0) is 18.9 Å². The fourth-order valence-corrected chi connectivity index (χ4v) is 2.18. The van der Waals surface area contributed by atoms with E-state index in [1.807, 2.05) is 0 Å². The lowest BCUT2D eigenvalue weighted by Gasteiger charge is -2.17. The number of rotatable bonds is 3. The smallest absolute Gasteiger partial charge is 0.203 e. The molecule has 1 aromatic rings. The molecule has 0 spiro atoms. The Bertz CT molecular complexity index is 341. The summed E-state index contributed by atoms with van der Waals surface area (Å²) in [5.74, 6) is 1.51. The third-order valence-corrected chi connectivity index (χ3v) is 2.87. The molecule has 0 aliphatic carbocycles. The highest BCUT2D eigenvalue weighted by Gasteiger charge is 2.20. The highest BCUT2D eigenvalue weighted by Crippen LogP contribution is 2.25. The number of hydrogen-bond acceptors (Lipinski definition) is 3. The van der Waals surface area contributed by atoms with Gasteiger partial charge in [-0.2, -0.15) is 0 Å². The van der Waals surface area contributed by atoms with Gasteiger partial charge in [0.2, 0.25) is 5.95 Å². The molecule has 0 aromatic carbocycles. The van der Waals surface area contributed by atoms with E-state index in [1.165, 1.54) is 17.8 Å². The molecule has 15 heavy (non-hydrogen) atoms. The maximum Gasteiger partial charge on any atom is 0.203 e. The largest absolute Gasteiger partial charge is 0.356 e. The number of hydrogen-bond donors (Lipinski definition) is 2. The van der Waals surface area contributed by atoms with Gasteiger partial charge in [-0.1, -0.05) is 13.8 Å². The van der Waals surface area contributed by atoms with Gasteiger partial charge in [0.1, 0.15) is 0 Å². The van der Waals surface area contributed by atoms with Gasteiger partial charge in [0.25, 0.3) is 0 Å². The van der Waals surface area contributed by atoms with Crippen LogP contribution in [0.2, 0.25) is 0 Å². The number of nitrogens with one attached hydrogen (secondary N) is 1. The molecule has 0 amide bonds. The first-order valence-electron chi connectivity index (χ1n) is 5.77.